The Labute approximate surface area is 114 Å². The third-order valence-corrected chi connectivity index (χ3v) is 3.15. The minimum absolute atomic E-state index is 0.226. The fraction of sp³-hybridized carbons (Fsp3) is 0.500. The first-order valence-electron chi connectivity index (χ1n) is 5.94. The monoisotopic (exact) mass is 313 g/mol. The van der Waals surface area contributed by atoms with Crippen molar-refractivity contribution in [2.24, 2.45) is 5.92 Å². The minimum atomic E-state index is -0.226. The number of nitrogens with two attached hydrogens (primary N) is 1. The molecule has 5 nitrogen and oxygen atoms in total. The Morgan fingerprint density at radius 3 is 3.11 bits per heavy atom. The van der Waals surface area contributed by atoms with Gasteiger partial charge in [0.15, 0.2) is 0 Å². The molecule has 0 unspecified atom stereocenters. The SMILES string of the molecule is Nc1ncc(Br)cc1C(=O)NCCOCC1CC1. The van der Waals surface area contributed by atoms with E-state index in [9.17, 15) is 4.79 Å². The number of rotatable bonds is 6. The summed E-state index contributed by atoms with van der Waals surface area (Å²) in [7, 11) is 0. The van der Waals surface area contributed by atoms with Gasteiger partial charge in [-0.15, -0.1) is 0 Å². The van der Waals surface area contributed by atoms with Gasteiger partial charge in [-0.05, 0) is 40.8 Å². The van der Waals surface area contributed by atoms with Crippen LogP contribution in [0.1, 0.15) is 23.2 Å². The van der Waals surface area contributed by atoms with Gasteiger partial charge in [0.1, 0.15) is 5.82 Å². The maximum Gasteiger partial charge on any atom is 0.255 e. The number of halogens is 1. The lowest BCUT2D eigenvalue weighted by molar-refractivity contribution is 0.0907. The van der Waals surface area contributed by atoms with Gasteiger partial charge in [0.25, 0.3) is 5.91 Å². The third-order valence-electron chi connectivity index (χ3n) is 2.71. The topological polar surface area (TPSA) is 77.2 Å². The normalized spacial score (nSPS) is 14.5. The first kappa shape index (κ1) is 13.3. The second-order valence-electron chi connectivity index (χ2n) is 4.36. The van der Waals surface area contributed by atoms with Crippen molar-refractivity contribution in [3.05, 3.63) is 22.3 Å². The molecule has 1 heterocycles. The third kappa shape index (κ3) is 3.96. The highest BCUT2D eigenvalue weighted by Crippen LogP contribution is 2.28. The molecule has 0 spiro atoms. The molecule has 98 valence electrons. The fourth-order valence-electron chi connectivity index (χ4n) is 1.50. The highest BCUT2D eigenvalue weighted by molar-refractivity contribution is 9.10. The highest BCUT2D eigenvalue weighted by atomic mass is 79.9. The molecule has 1 saturated carbocycles. The molecule has 0 aromatic carbocycles. The molecule has 2 rings (SSSR count). The summed E-state index contributed by atoms with van der Waals surface area (Å²) in [5.41, 5.74) is 6.03. The molecule has 0 aliphatic heterocycles. The number of nitrogens with zero attached hydrogens (tertiary/aromatic N) is 1. The van der Waals surface area contributed by atoms with Gasteiger partial charge in [0.2, 0.25) is 0 Å². The average molecular weight is 314 g/mol. The van der Waals surface area contributed by atoms with E-state index in [1.807, 2.05) is 0 Å². The standard InChI is InChI=1S/C12H16BrN3O2/c13-9-5-10(11(14)16-6-9)12(17)15-3-4-18-7-8-1-2-8/h5-6,8H,1-4,7H2,(H2,14,16)(H,15,17). The summed E-state index contributed by atoms with van der Waals surface area (Å²) in [6.45, 7) is 1.82. The van der Waals surface area contributed by atoms with E-state index >= 15 is 0 Å². The van der Waals surface area contributed by atoms with Crippen molar-refractivity contribution in [3.8, 4) is 0 Å². The van der Waals surface area contributed by atoms with Crippen LogP contribution in [-0.2, 0) is 4.74 Å². The molecule has 3 N–H and O–H groups in total. The Kier molecular flexibility index (Phi) is 4.54. The molecule has 1 aliphatic rings. The van der Waals surface area contributed by atoms with Gasteiger partial charge in [0, 0.05) is 23.8 Å². The number of ether oxygens (including phenoxy) is 1. The molecular formula is C12H16BrN3O2. The number of hydrogen-bond donors (Lipinski definition) is 2. The minimum Gasteiger partial charge on any atom is -0.383 e. The Morgan fingerprint density at radius 1 is 1.61 bits per heavy atom. The van der Waals surface area contributed by atoms with Crippen LogP contribution >= 0.6 is 15.9 Å². The molecule has 0 atom stereocenters. The van der Waals surface area contributed by atoms with Crippen LogP contribution in [0.4, 0.5) is 5.82 Å². The second kappa shape index (κ2) is 6.15. The van der Waals surface area contributed by atoms with Gasteiger partial charge in [-0.2, -0.15) is 0 Å². The maximum atomic E-state index is 11.8. The summed E-state index contributed by atoms with van der Waals surface area (Å²) in [5.74, 6) is 0.747. The molecule has 0 saturated heterocycles. The number of amides is 1. The smallest absolute Gasteiger partial charge is 0.255 e. The predicted molar refractivity (Wildman–Crippen MR) is 72.2 cm³/mol. The first-order chi connectivity index (χ1) is 8.66. The number of anilines is 1. The number of pyridine rings is 1. The van der Waals surface area contributed by atoms with Crippen LogP contribution in [-0.4, -0.2) is 30.6 Å². The Hall–Kier alpha value is -1.14. The molecule has 1 aromatic heterocycles. The van der Waals surface area contributed by atoms with E-state index in [0.717, 1.165) is 17.0 Å². The number of carbonyl (C=O) groups excluding carboxylic acids is 1. The van der Waals surface area contributed by atoms with Gasteiger partial charge in [0.05, 0.1) is 12.2 Å². The van der Waals surface area contributed by atoms with Crippen molar-refractivity contribution in [1.29, 1.82) is 0 Å². The average Bonchev–Trinajstić information content (AvgIpc) is 3.15. The van der Waals surface area contributed by atoms with E-state index in [4.69, 9.17) is 10.5 Å². The van der Waals surface area contributed by atoms with Crippen molar-refractivity contribution >= 4 is 27.7 Å². The Morgan fingerprint density at radius 2 is 2.39 bits per heavy atom. The van der Waals surface area contributed by atoms with Crippen molar-refractivity contribution in [2.75, 3.05) is 25.5 Å². The van der Waals surface area contributed by atoms with E-state index in [1.54, 1.807) is 12.3 Å². The van der Waals surface area contributed by atoms with E-state index in [1.165, 1.54) is 12.8 Å². The quantitative estimate of drug-likeness (QED) is 0.782. The van der Waals surface area contributed by atoms with Gasteiger partial charge in [-0.3, -0.25) is 4.79 Å². The molecule has 0 bridgehead atoms. The van der Waals surface area contributed by atoms with E-state index in [0.29, 0.717) is 18.7 Å². The second-order valence-corrected chi connectivity index (χ2v) is 5.28. The number of hydrogen-bond acceptors (Lipinski definition) is 4. The Bertz CT molecular complexity index is 435. The summed E-state index contributed by atoms with van der Waals surface area (Å²) >= 11 is 3.26. The molecule has 18 heavy (non-hydrogen) atoms. The number of carbonyl (C=O) groups is 1. The molecule has 6 heteroatoms. The van der Waals surface area contributed by atoms with E-state index < -0.39 is 0 Å². The molecule has 1 fully saturated rings. The summed E-state index contributed by atoms with van der Waals surface area (Å²) in [6, 6.07) is 1.66. The van der Waals surface area contributed by atoms with E-state index in [2.05, 4.69) is 26.2 Å². The van der Waals surface area contributed by atoms with Crippen LogP contribution in [0.3, 0.4) is 0 Å². The number of nitrogen functional groups attached to an aromatic ring is 1. The fourth-order valence-corrected chi connectivity index (χ4v) is 1.83. The van der Waals surface area contributed by atoms with Crippen molar-refractivity contribution < 1.29 is 9.53 Å². The summed E-state index contributed by atoms with van der Waals surface area (Å²) in [5, 5.41) is 2.76. The van der Waals surface area contributed by atoms with Crippen molar-refractivity contribution in [3.63, 3.8) is 0 Å². The van der Waals surface area contributed by atoms with Crippen LogP contribution in [0.2, 0.25) is 0 Å². The largest absolute Gasteiger partial charge is 0.383 e. The Balaban J connectivity index is 1.74. The number of nitrogens with one attached hydrogen (secondary N) is 1. The van der Waals surface area contributed by atoms with Crippen molar-refractivity contribution in [1.82, 2.24) is 10.3 Å². The van der Waals surface area contributed by atoms with Crippen LogP contribution in [0.5, 0.6) is 0 Å². The summed E-state index contributed by atoms with van der Waals surface area (Å²) < 4.78 is 6.16. The first-order valence-corrected chi connectivity index (χ1v) is 6.73. The summed E-state index contributed by atoms with van der Waals surface area (Å²) in [4.78, 5) is 15.7. The van der Waals surface area contributed by atoms with Gasteiger partial charge in [-0.25, -0.2) is 4.98 Å². The lowest BCUT2D eigenvalue weighted by Crippen LogP contribution is -2.28. The molecule has 0 radical (unpaired) electrons. The zero-order valence-corrected chi connectivity index (χ0v) is 11.6. The summed E-state index contributed by atoms with van der Waals surface area (Å²) in [6.07, 6.45) is 4.10. The zero-order valence-electron chi connectivity index (χ0n) is 9.99. The molecular weight excluding hydrogens is 298 g/mol. The molecule has 1 aliphatic carbocycles. The highest BCUT2D eigenvalue weighted by Gasteiger charge is 2.20. The zero-order chi connectivity index (χ0) is 13.0. The van der Waals surface area contributed by atoms with Crippen molar-refractivity contribution in [2.45, 2.75) is 12.8 Å². The van der Waals surface area contributed by atoms with E-state index in [-0.39, 0.29) is 11.7 Å². The van der Waals surface area contributed by atoms with Gasteiger partial charge in [-0.1, -0.05) is 0 Å². The molecule has 1 aromatic rings. The van der Waals surface area contributed by atoms with Crippen LogP contribution in [0.15, 0.2) is 16.7 Å². The predicted octanol–water partition coefficient (Wildman–Crippen LogP) is 1.58. The van der Waals surface area contributed by atoms with Gasteiger partial charge < -0.3 is 15.8 Å². The van der Waals surface area contributed by atoms with Crippen LogP contribution in [0.25, 0.3) is 0 Å². The van der Waals surface area contributed by atoms with Gasteiger partial charge >= 0.3 is 0 Å². The van der Waals surface area contributed by atoms with Crippen LogP contribution < -0.4 is 11.1 Å². The number of aromatic nitrogens is 1. The van der Waals surface area contributed by atoms with Crippen LogP contribution in [0, 0.1) is 5.92 Å². The lowest BCUT2D eigenvalue weighted by Gasteiger charge is -2.07. The molecule has 1 amide bonds. The lowest BCUT2D eigenvalue weighted by atomic mass is 10.2. The maximum absolute atomic E-state index is 11.8.